The van der Waals surface area contributed by atoms with Crippen LogP contribution in [0.15, 0.2) is 48.5 Å². The maximum absolute atomic E-state index is 14.8. The lowest BCUT2D eigenvalue weighted by molar-refractivity contribution is -0.128. The molecule has 2 atom stereocenters. The van der Waals surface area contributed by atoms with E-state index in [1.54, 1.807) is 6.07 Å². The van der Waals surface area contributed by atoms with Gasteiger partial charge in [0.15, 0.2) is 5.78 Å². The maximum atomic E-state index is 14.8. The van der Waals surface area contributed by atoms with Crippen molar-refractivity contribution >= 4 is 69.6 Å². The van der Waals surface area contributed by atoms with Gasteiger partial charge in [-0.1, -0.05) is 35.3 Å². The standard InChI is InChI=1S/C27H16Cl4F5NO3/c28-16-4-1-11(7-17(16)29)22-23(27(22,30)31)26(40)37-13-3-6-18(32)14(9-13)20(38)10-15-19(33)5-2-12(24(15)34)8-21(39)25(35)36/h1-7,9,22-23,25H,8,10H2,(H,37,40)/t22-,23+/m0/s1. The van der Waals surface area contributed by atoms with Crippen molar-refractivity contribution in [1.82, 2.24) is 0 Å². The highest BCUT2D eigenvalue weighted by Crippen LogP contribution is 2.65. The molecule has 0 heterocycles. The van der Waals surface area contributed by atoms with E-state index >= 15 is 0 Å². The molecule has 0 bridgehead atoms. The van der Waals surface area contributed by atoms with Gasteiger partial charge in [0.2, 0.25) is 11.7 Å². The largest absolute Gasteiger partial charge is 0.326 e. The van der Waals surface area contributed by atoms with Crippen LogP contribution in [0.4, 0.5) is 27.6 Å². The van der Waals surface area contributed by atoms with Crippen LogP contribution in [0.2, 0.25) is 10.0 Å². The molecule has 0 aliphatic heterocycles. The van der Waals surface area contributed by atoms with Crippen LogP contribution in [0.3, 0.4) is 0 Å². The molecule has 4 rings (SSSR count). The van der Waals surface area contributed by atoms with Gasteiger partial charge in [0.05, 0.1) is 21.5 Å². The number of hydrogen-bond donors (Lipinski definition) is 1. The molecule has 0 saturated heterocycles. The minimum atomic E-state index is -3.36. The molecule has 3 aromatic rings. The van der Waals surface area contributed by atoms with E-state index in [1.165, 1.54) is 12.1 Å². The van der Waals surface area contributed by atoms with Crippen LogP contribution >= 0.6 is 46.4 Å². The molecule has 1 aliphatic carbocycles. The van der Waals surface area contributed by atoms with Crippen LogP contribution in [0.5, 0.6) is 0 Å². The van der Waals surface area contributed by atoms with Crippen LogP contribution in [-0.2, 0) is 22.4 Å². The van der Waals surface area contributed by atoms with Gasteiger partial charge < -0.3 is 5.32 Å². The van der Waals surface area contributed by atoms with Crippen molar-refractivity contribution in [2.75, 3.05) is 5.32 Å². The number of ketones is 2. The summed E-state index contributed by atoms with van der Waals surface area (Å²) in [6, 6.07) is 9.17. The van der Waals surface area contributed by atoms with E-state index in [0.717, 1.165) is 30.3 Å². The predicted molar refractivity (Wildman–Crippen MR) is 141 cm³/mol. The van der Waals surface area contributed by atoms with Gasteiger partial charge in [-0.25, -0.2) is 22.0 Å². The monoisotopic (exact) mass is 637 g/mol. The molecule has 1 saturated carbocycles. The number of hydrogen-bond acceptors (Lipinski definition) is 3. The Bertz CT molecular complexity index is 1530. The van der Waals surface area contributed by atoms with Crippen LogP contribution in [0, 0.1) is 23.4 Å². The smallest absolute Gasteiger partial charge is 0.296 e. The third-order valence-corrected chi connectivity index (χ3v) is 8.06. The van der Waals surface area contributed by atoms with E-state index in [1.807, 2.05) is 0 Å². The summed E-state index contributed by atoms with van der Waals surface area (Å²) in [5.74, 6) is -8.51. The SMILES string of the molecule is O=C(Cc1c(F)ccc(CC(=O)C(F)F)c1F)c1cc(NC(=O)[C@H]2[C@H](c3ccc(Cl)c(Cl)c3)C2(Cl)Cl)ccc1F. The normalized spacial score (nSPS) is 17.6. The van der Waals surface area contributed by atoms with Crippen molar-refractivity contribution in [3.05, 3.63) is 98.3 Å². The molecule has 0 unspecified atom stereocenters. The molecule has 40 heavy (non-hydrogen) atoms. The topological polar surface area (TPSA) is 63.2 Å². The zero-order valence-corrected chi connectivity index (χ0v) is 22.9. The van der Waals surface area contributed by atoms with E-state index in [9.17, 15) is 36.3 Å². The average molecular weight is 639 g/mol. The molecular weight excluding hydrogens is 623 g/mol. The summed E-state index contributed by atoms with van der Waals surface area (Å²) in [6.07, 6.45) is -5.37. The average Bonchev–Trinajstić information content (AvgIpc) is 3.47. The number of rotatable bonds is 9. The first kappa shape index (κ1) is 30.2. The highest BCUT2D eigenvalue weighted by Gasteiger charge is 2.67. The lowest BCUT2D eigenvalue weighted by Gasteiger charge is -2.11. The summed E-state index contributed by atoms with van der Waals surface area (Å²) in [4.78, 5) is 37.1. The molecule has 1 N–H and O–H groups in total. The minimum absolute atomic E-state index is 0.0316. The summed E-state index contributed by atoms with van der Waals surface area (Å²) in [7, 11) is 0. The number of Topliss-reactive ketones (excluding diaryl/α,β-unsaturated/α-hetero) is 2. The minimum Gasteiger partial charge on any atom is -0.326 e. The van der Waals surface area contributed by atoms with Crippen LogP contribution in [0.25, 0.3) is 0 Å². The van der Waals surface area contributed by atoms with Crippen LogP contribution in [0.1, 0.15) is 33.0 Å². The zero-order chi connectivity index (χ0) is 29.5. The van der Waals surface area contributed by atoms with E-state index in [4.69, 9.17) is 46.4 Å². The van der Waals surface area contributed by atoms with Crippen LogP contribution < -0.4 is 5.32 Å². The van der Waals surface area contributed by atoms with Gasteiger partial charge in [0, 0.05) is 30.0 Å². The third kappa shape index (κ3) is 6.12. The van der Waals surface area contributed by atoms with E-state index in [0.29, 0.717) is 10.6 Å². The second kappa shape index (κ2) is 11.6. The molecule has 0 spiro atoms. The molecule has 1 aliphatic rings. The van der Waals surface area contributed by atoms with Gasteiger partial charge in [-0.2, -0.15) is 0 Å². The molecule has 1 amide bonds. The first-order chi connectivity index (χ1) is 18.7. The number of amides is 1. The van der Waals surface area contributed by atoms with Crippen LogP contribution in [-0.4, -0.2) is 28.2 Å². The maximum Gasteiger partial charge on any atom is 0.296 e. The first-order valence-corrected chi connectivity index (χ1v) is 13.0. The molecule has 3 aromatic carbocycles. The molecule has 1 fully saturated rings. The Morgan fingerprint density at radius 2 is 1.55 bits per heavy atom. The zero-order valence-electron chi connectivity index (χ0n) is 19.9. The third-order valence-electron chi connectivity index (χ3n) is 6.38. The number of alkyl halides is 4. The quantitative estimate of drug-likeness (QED) is 0.148. The number of carbonyl (C=O) groups excluding carboxylic acids is 3. The fourth-order valence-corrected chi connectivity index (χ4v) is 5.41. The van der Waals surface area contributed by atoms with E-state index < -0.39 is 87.1 Å². The van der Waals surface area contributed by atoms with Crippen molar-refractivity contribution in [1.29, 1.82) is 0 Å². The number of anilines is 1. The highest BCUT2D eigenvalue weighted by atomic mass is 35.5. The number of halogens is 9. The van der Waals surface area contributed by atoms with Gasteiger partial charge in [-0.05, 0) is 47.5 Å². The summed E-state index contributed by atoms with van der Waals surface area (Å²) in [6.45, 7) is 0. The van der Waals surface area contributed by atoms with Gasteiger partial charge in [-0.3, -0.25) is 14.4 Å². The van der Waals surface area contributed by atoms with Crippen molar-refractivity contribution in [2.24, 2.45) is 5.92 Å². The van der Waals surface area contributed by atoms with Crippen molar-refractivity contribution in [3.63, 3.8) is 0 Å². The summed E-state index contributed by atoms with van der Waals surface area (Å²) < 4.78 is 67.3. The molecule has 0 aromatic heterocycles. The summed E-state index contributed by atoms with van der Waals surface area (Å²) in [5.41, 5.74) is -1.45. The van der Waals surface area contributed by atoms with Gasteiger partial charge in [-0.15, -0.1) is 23.2 Å². The Labute approximate surface area is 244 Å². The van der Waals surface area contributed by atoms with E-state index in [-0.39, 0.29) is 10.7 Å². The fourth-order valence-electron chi connectivity index (χ4n) is 4.28. The number of nitrogens with one attached hydrogen (secondary N) is 1. The molecular formula is C27H16Cl4F5NO3. The number of benzene rings is 3. The Morgan fingerprint density at radius 1 is 0.875 bits per heavy atom. The molecule has 0 radical (unpaired) electrons. The number of carbonyl (C=O) groups is 3. The van der Waals surface area contributed by atoms with Gasteiger partial charge in [0.25, 0.3) is 6.43 Å². The highest BCUT2D eigenvalue weighted by molar-refractivity contribution is 6.53. The second-order valence-electron chi connectivity index (χ2n) is 9.03. The van der Waals surface area contributed by atoms with E-state index in [2.05, 4.69) is 5.32 Å². The fraction of sp³-hybridized carbons (Fsp3) is 0.222. The molecule has 210 valence electrons. The van der Waals surface area contributed by atoms with Gasteiger partial charge in [0.1, 0.15) is 21.8 Å². The Kier molecular flexibility index (Phi) is 8.80. The Balaban J connectivity index is 1.52. The molecule has 13 heteroatoms. The summed E-state index contributed by atoms with van der Waals surface area (Å²) in [5, 5.41) is 3.01. The summed E-state index contributed by atoms with van der Waals surface area (Å²) >= 11 is 24.6. The lowest BCUT2D eigenvalue weighted by atomic mass is 9.97. The van der Waals surface area contributed by atoms with Crippen molar-refractivity contribution < 1.29 is 36.3 Å². The predicted octanol–water partition coefficient (Wildman–Crippen LogP) is 7.74. The lowest BCUT2D eigenvalue weighted by Crippen LogP contribution is -2.18. The Hall–Kier alpha value is -2.72. The Morgan fingerprint density at radius 3 is 2.20 bits per heavy atom. The van der Waals surface area contributed by atoms with Gasteiger partial charge >= 0.3 is 0 Å². The van der Waals surface area contributed by atoms with Crippen molar-refractivity contribution in [3.8, 4) is 0 Å². The second-order valence-corrected chi connectivity index (χ2v) is 11.3. The van der Waals surface area contributed by atoms with Crippen molar-refractivity contribution in [2.45, 2.75) is 29.5 Å². The first-order valence-electron chi connectivity index (χ1n) is 11.4. The molecule has 4 nitrogen and oxygen atoms in total.